The summed E-state index contributed by atoms with van der Waals surface area (Å²) in [5, 5.41) is 0. The average Bonchev–Trinajstić information content (AvgIpc) is 3.06. The van der Waals surface area contributed by atoms with Crippen LogP contribution >= 0.6 is 0 Å². The van der Waals surface area contributed by atoms with Crippen LogP contribution < -0.4 is 0 Å². The first-order valence-corrected chi connectivity index (χ1v) is 10.3. The van der Waals surface area contributed by atoms with Crippen LogP contribution in [-0.2, 0) is 16.1 Å². The number of carbonyl (C=O) groups is 1. The molecule has 0 amide bonds. The van der Waals surface area contributed by atoms with Crippen molar-refractivity contribution in [2.75, 3.05) is 0 Å². The Balaban J connectivity index is 1.76. The molecule has 30 heavy (non-hydrogen) atoms. The van der Waals surface area contributed by atoms with E-state index in [1.165, 1.54) is 16.7 Å². The van der Waals surface area contributed by atoms with Gasteiger partial charge in [0.25, 0.3) is 0 Å². The van der Waals surface area contributed by atoms with Gasteiger partial charge in [-0.1, -0.05) is 91.0 Å². The van der Waals surface area contributed by atoms with Gasteiger partial charge >= 0.3 is 5.97 Å². The number of fused-ring (bicyclic) bond motifs is 2. The number of esters is 1. The highest BCUT2D eigenvalue weighted by Crippen LogP contribution is 2.41. The van der Waals surface area contributed by atoms with Crippen LogP contribution in [0.2, 0.25) is 0 Å². The predicted octanol–water partition coefficient (Wildman–Crippen LogP) is 5.50. The summed E-state index contributed by atoms with van der Waals surface area (Å²) in [5.74, 6) is -0.240. The van der Waals surface area contributed by atoms with Gasteiger partial charge in [0.1, 0.15) is 0 Å². The van der Waals surface area contributed by atoms with Gasteiger partial charge in [0.15, 0.2) is 6.10 Å². The normalized spacial score (nSPS) is 21.4. The lowest BCUT2D eigenvalue weighted by atomic mass is 9.89. The lowest BCUT2D eigenvalue weighted by Crippen LogP contribution is -2.34. The highest BCUT2D eigenvalue weighted by Gasteiger charge is 2.38. The van der Waals surface area contributed by atoms with Crippen molar-refractivity contribution in [2.24, 2.45) is 0 Å². The Morgan fingerprint density at radius 3 is 2.30 bits per heavy atom. The maximum atomic E-state index is 12.5. The first-order valence-electron chi connectivity index (χ1n) is 10.3. The van der Waals surface area contributed by atoms with Gasteiger partial charge in [0.2, 0.25) is 0 Å². The fourth-order valence-corrected chi connectivity index (χ4v) is 4.45. The zero-order valence-corrected chi connectivity index (χ0v) is 16.9. The number of rotatable bonds is 3. The van der Waals surface area contributed by atoms with E-state index in [2.05, 4.69) is 83.8 Å². The summed E-state index contributed by atoms with van der Waals surface area (Å²) >= 11 is 0. The molecule has 3 aromatic rings. The number of ether oxygens (including phenoxy) is 1. The lowest BCUT2D eigenvalue weighted by molar-refractivity contribution is -0.138. The molecule has 0 N–H and O–H groups in total. The van der Waals surface area contributed by atoms with E-state index in [0.29, 0.717) is 12.1 Å². The number of benzene rings is 3. The van der Waals surface area contributed by atoms with Crippen LogP contribution in [0.15, 0.2) is 102 Å². The second-order valence-electron chi connectivity index (χ2n) is 7.75. The molecule has 2 aliphatic rings. The molecule has 0 radical (unpaired) electrons. The molecule has 0 bridgehead atoms. The smallest absolute Gasteiger partial charge is 0.336 e. The number of nitrogens with zero attached hydrogens (tertiary/aromatic N) is 1. The lowest BCUT2D eigenvalue weighted by Gasteiger charge is -2.38. The molecule has 2 heterocycles. The first-order chi connectivity index (χ1) is 14.7. The van der Waals surface area contributed by atoms with Crippen molar-refractivity contribution in [1.82, 2.24) is 4.90 Å². The van der Waals surface area contributed by atoms with Gasteiger partial charge in [0, 0.05) is 6.54 Å². The SMILES string of the molecule is CC1=C2[C@H](/C=C\c3ccccc3[C@@H](c3ccccc3)N2Cc2ccccc2)OC1=O. The Morgan fingerprint density at radius 1 is 0.867 bits per heavy atom. The molecule has 0 aliphatic carbocycles. The average molecular weight is 393 g/mol. The van der Waals surface area contributed by atoms with Crippen molar-refractivity contribution in [3.05, 3.63) is 125 Å². The number of hydrogen-bond donors (Lipinski definition) is 0. The van der Waals surface area contributed by atoms with Gasteiger partial charge < -0.3 is 9.64 Å². The molecular weight excluding hydrogens is 370 g/mol. The van der Waals surface area contributed by atoms with Gasteiger partial charge in [0.05, 0.1) is 17.3 Å². The van der Waals surface area contributed by atoms with E-state index in [4.69, 9.17) is 4.74 Å². The van der Waals surface area contributed by atoms with E-state index in [-0.39, 0.29) is 18.1 Å². The van der Waals surface area contributed by atoms with Crippen LogP contribution in [0.3, 0.4) is 0 Å². The largest absolute Gasteiger partial charge is 0.448 e. The highest BCUT2D eigenvalue weighted by molar-refractivity contribution is 5.92. The summed E-state index contributed by atoms with van der Waals surface area (Å²) in [7, 11) is 0. The molecule has 5 rings (SSSR count). The molecule has 0 aromatic heterocycles. The Kier molecular flexibility index (Phi) is 4.72. The van der Waals surface area contributed by atoms with Crippen LogP contribution in [0, 0.1) is 0 Å². The Bertz CT molecular complexity index is 1130. The topological polar surface area (TPSA) is 29.5 Å². The molecule has 0 saturated carbocycles. The van der Waals surface area contributed by atoms with Crippen molar-refractivity contribution in [3.63, 3.8) is 0 Å². The second kappa shape index (κ2) is 7.68. The fourth-order valence-electron chi connectivity index (χ4n) is 4.45. The van der Waals surface area contributed by atoms with E-state index in [1.54, 1.807) is 0 Å². The van der Waals surface area contributed by atoms with E-state index in [1.807, 2.05) is 25.1 Å². The molecule has 0 unspecified atom stereocenters. The molecule has 3 nitrogen and oxygen atoms in total. The molecule has 3 aromatic carbocycles. The Hall–Kier alpha value is -3.59. The van der Waals surface area contributed by atoms with Gasteiger partial charge in [-0.15, -0.1) is 0 Å². The third-order valence-corrected chi connectivity index (χ3v) is 5.87. The molecule has 2 atom stereocenters. The Morgan fingerprint density at radius 2 is 1.53 bits per heavy atom. The van der Waals surface area contributed by atoms with E-state index in [0.717, 1.165) is 11.3 Å². The Labute approximate surface area is 176 Å². The van der Waals surface area contributed by atoms with E-state index in [9.17, 15) is 4.79 Å². The van der Waals surface area contributed by atoms with Gasteiger partial charge in [-0.25, -0.2) is 4.79 Å². The van der Waals surface area contributed by atoms with Crippen molar-refractivity contribution < 1.29 is 9.53 Å². The van der Waals surface area contributed by atoms with Crippen molar-refractivity contribution in [2.45, 2.75) is 25.6 Å². The van der Waals surface area contributed by atoms with Crippen LogP contribution in [-0.4, -0.2) is 17.0 Å². The molecule has 0 spiro atoms. The summed E-state index contributed by atoms with van der Waals surface area (Å²) in [5.41, 5.74) is 6.37. The van der Waals surface area contributed by atoms with Crippen LogP contribution in [0.25, 0.3) is 6.08 Å². The summed E-state index contributed by atoms with van der Waals surface area (Å²) in [6.07, 6.45) is 3.71. The zero-order valence-electron chi connectivity index (χ0n) is 16.9. The highest BCUT2D eigenvalue weighted by atomic mass is 16.5. The van der Waals surface area contributed by atoms with Crippen molar-refractivity contribution in [3.8, 4) is 0 Å². The monoisotopic (exact) mass is 393 g/mol. The number of carbonyl (C=O) groups excluding carboxylic acids is 1. The predicted molar refractivity (Wildman–Crippen MR) is 118 cm³/mol. The molecule has 0 saturated heterocycles. The molecule has 3 heteroatoms. The maximum Gasteiger partial charge on any atom is 0.336 e. The minimum Gasteiger partial charge on any atom is -0.448 e. The van der Waals surface area contributed by atoms with E-state index >= 15 is 0 Å². The molecule has 0 fully saturated rings. The van der Waals surface area contributed by atoms with Gasteiger partial charge in [-0.05, 0) is 35.3 Å². The second-order valence-corrected chi connectivity index (χ2v) is 7.75. The molecule has 2 aliphatic heterocycles. The number of hydrogen-bond acceptors (Lipinski definition) is 3. The maximum absolute atomic E-state index is 12.5. The fraction of sp³-hybridized carbons (Fsp3) is 0.148. The van der Waals surface area contributed by atoms with Crippen LogP contribution in [0.5, 0.6) is 0 Å². The van der Waals surface area contributed by atoms with E-state index < -0.39 is 0 Å². The zero-order chi connectivity index (χ0) is 20.5. The first kappa shape index (κ1) is 18.4. The third kappa shape index (κ3) is 3.22. The van der Waals surface area contributed by atoms with Crippen LogP contribution in [0.1, 0.15) is 35.2 Å². The van der Waals surface area contributed by atoms with Crippen molar-refractivity contribution >= 4 is 12.0 Å². The summed E-state index contributed by atoms with van der Waals surface area (Å²) in [6.45, 7) is 2.56. The summed E-state index contributed by atoms with van der Waals surface area (Å²) < 4.78 is 5.74. The molecule has 148 valence electrons. The van der Waals surface area contributed by atoms with Crippen LogP contribution in [0.4, 0.5) is 0 Å². The minimum atomic E-state index is -0.374. The standard InChI is InChI=1S/C27H23NO2/c1-19-25-24(30-27(19)29)17-16-21-12-8-9-15-23(21)26(22-13-6-3-7-14-22)28(25)18-20-10-4-2-5-11-20/h2-17,24,26H,18H2,1H3/b17-16-/t24-,26+/m0/s1. The molecular formula is C27H23NO2. The minimum absolute atomic E-state index is 0.0329. The van der Waals surface area contributed by atoms with Gasteiger partial charge in [-0.2, -0.15) is 0 Å². The summed E-state index contributed by atoms with van der Waals surface area (Å²) in [4.78, 5) is 14.9. The third-order valence-electron chi connectivity index (χ3n) is 5.87. The van der Waals surface area contributed by atoms with Gasteiger partial charge in [-0.3, -0.25) is 0 Å². The quantitative estimate of drug-likeness (QED) is 0.550. The summed E-state index contributed by atoms with van der Waals surface area (Å²) in [6, 6.07) is 29.3. The van der Waals surface area contributed by atoms with Crippen molar-refractivity contribution in [1.29, 1.82) is 0 Å².